The lowest BCUT2D eigenvalue weighted by Crippen LogP contribution is -3.04. The van der Waals surface area contributed by atoms with Crippen molar-refractivity contribution in [1.82, 2.24) is 0 Å². The number of phenols is 1. The number of quaternary nitrogens is 1. The average Bonchev–Trinajstić information content (AvgIpc) is 2.34. The fourth-order valence-corrected chi connectivity index (χ4v) is 2.31. The van der Waals surface area contributed by atoms with E-state index >= 15 is 0 Å². The van der Waals surface area contributed by atoms with Crippen molar-refractivity contribution in [2.24, 2.45) is 0 Å². The summed E-state index contributed by atoms with van der Waals surface area (Å²) >= 11 is 0. The van der Waals surface area contributed by atoms with Crippen LogP contribution in [0.2, 0.25) is 0 Å². The van der Waals surface area contributed by atoms with E-state index in [-0.39, 0.29) is 11.4 Å². The summed E-state index contributed by atoms with van der Waals surface area (Å²) < 4.78 is 5.32. The standard InChI is InChI=1S/C15H19NO3/c1-8-9(2)15(18)19-14-10(3)13(17)11(6-12(8)14)7-16(4)5/h6,17H,7H2,1-5H3/p+1. The summed E-state index contributed by atoms with van der Waals surface area (Å²) in [7, 11) is 4.06. The molecule has 2 aromatic rings. The van der Waals surface area contributed by atoms with E-state index in [0.717, 1.165) is 23.1 Å². The zero-order valence-corrected chi connectivity index (χ0v) is 12.0. The Morgan fingerprint density at radius 3 is 2.37 bits per heavy atom. The van der Waals surface area contributed by atoms with Gasteiger partial charge in [0.1, 0.15) is 17.9 Å². The first kappa shape index (κ1) is 13.6. The Morgan fingerprint density at radius 2 is 1.79 bits per heavy atom. The maximum Gasteiger partial charge on any atom is 0.339 e. The lowest BCUT2D eigenvalue weighted by Gasteiger charge is -2.14. The van der Waals surface area contributed by atoms with Crippen molar-refractivity contribution in [2.45, 2.75) is 27.3 Å². The molecule has 0 aliphatic carbocycles. The third kappa shape index (κ3) is 2.24. The maximum atomic E-state index is 11.7. The molecule has 4 heteroatoms. The first-order valence-electron chi connectivity index (χ1n) is 6.37. The molecule has 0 aliphatic heterocycles. The highest BCUT2D eigenvalue weighted by molar-refractivity contribution is 5.86. The first-order chi connectivity index (χ1) is 8.82. The molecule has 0 radical (unpaired) electrons. The molecule has 1 aromatic carbocycles. The highest BCUT2D eigenvalue weighted by Crippen LogP contribution is 2.31. The Hall–Kier alpha value is -1.81. The monoisotopic (exact) mass is 262 g/mol. The van der Waals surface area contributed by atoms with Crippen LogP contribution in [0.5, 0.6) is 5.75 Å². The summed E-state index contributed by atoms with van der Waals surface area (Å²) in [5, 5.41) is 11.1. The van der Waals surface area contributed by atoms with E-state index in [1.165, 1.54) is 4.90 Å². The quantitative estimate of drug-likeness (QED) is 0.796. The van der Waals surface area contributed by atoms with Crippen LogP contribution >= 0.6 is 0 Å². The molecule has 0 saturated carbocycles. The average molecular weight is 262 g/mol. The number of fused-ring (bicyclic) bond motifs is 1. The summed E-state index contributed by atoms with van der Waals surface area (Å²) in [5.41, 5.74) is 3.21. The fraction of sp³-hybridized carbons (Fsp3) is 0.400. The molecule has 0 aliphatic rings. The van der Waals surface area contributed by atoms with E-state index in [9.17, 15) is 9.90 Å². The second-order valence-corrected chi connectivity index (χ2v) is 5.41. The van der Waals surface area contributed by atoms with Gasteiger partial charge in [0.2, 0.25) is 0 Å². The Kier molecular flexibility index (Phi) is 3.37. The van der Waals surface area contributed by atoms with Crippen LogP contribution in [0.25, 0.3) is 11.0 Å². The number of aryl methyl sites for hydroxylation is 2. The molecule has 0 spiro atoms. The van der Waals surface area contributed by atoms with Crippen molar-refractivity contribution in [3.8, 4) is 5.75 Å². The van der Waals surface area contributed by atoms with Crippen LogP contribution in [-0.4, -0.2) is 19.2 Å². The number of hydrogen-bond acceptors (Lipinski definition) is 3. The topological polar surface area (TPSA) is 54.9 Å². The molecule has 19 heavy (non-hydrogen) atoms. The smallest absolute Gasteiger partial charge is 0.339 e. The summed E-state index contributed by atoms with van der Waals surface area (Å²) in [5.74, 6) is 0.222. The van der Waals surface area contributed by atoms with Gasteiger partial charge in [0, 0.05) is 22.1 Å². The van der Waals surface area contributed by atoms with Gasteiger partial charge in [-0.05, 0) is 32.4 Å². The summed E-state index contributed by atoms with van der Waals surface area (Å²) in [6.07, 6.45) is 0. The second kappa shape index (κ2) is 4.70. The van der Waals surface area contributed by atoms with Crippen LogP contribution in [0, 0.1) is 20.8 Å². The van der Waals surface area contributed by atoms with Crippen molar-refractivity contribution < 1.29 is 14.4 Å². The normalized spacial score (nSPS) is 11.5. The zero-order valence-electron chi connectivity index (χ0n) is 12.0. The van der Waals surface area contributed by atoms with E-state index in [4.69, 9.17) is 4.42 Å². The van der Waals surface area contributed by atoms with E-state index in [2.05, 4.69) is 0 Å². The van der Waals surface area contributed by atoms with Gasteiger partial charge in [-0.3, -0.25) is 0 Å². The number of phenolic OH excluding ortho intramolecular Hbond substituents is 1. The third-order valence-corrected chi connectivity index (χ3v) is 3.57. The van der Waals surface area contributed by atoms with Gasteiger partial charge in [-0.25, -0.2) is 4.79 Å². The summed E-state index contributed by atoms with van der Waals surface area (Å²) in [6, 6.07) is 1.93. The number of aromatic hydroxyl groups is 1. The Balaban J connectivity index is 2.85. The number of nitrogens with one attached hydrogen (secondary N) is 1. The van der Waals surface area contributed by atoms with Crippen LogP contribution in [-0.2, 0) is 6.54 Å². The molecular formula is C15H20NO3+. The molecule has 0 amide bonds. The minimum atomic E-state index is -0.335. The Morgan fingerprint density at radius 1 is 1.16 bits per heavy atom. The lowest BCUT2D eigenvalue weighted by atomic mass is 10.00. The van der Waals surface area contributed by atoms with Crippen LogP contribution < -0.4 is 10.5 Å². The lowest BCUT2D eigenvalue weighted by molar-refractivity contribution is -0.872. The van der Waals surface area contributed by atoms with Gasteiger partial charge in [-0.1, -0.05) is 0 Å². The van der Waals surface area contributed by atoms with E-state index in [1.807, 2.05) is 27.1 Å². The van der Waals surface area contributed by atoms with Crippen LogP contribution in [0.3, 0.4) is 0 Å². The van der Waals surface area contributed by atoms with Crippen molar-refractivity contribution >= 4 is 11.0 Å². The van der Waals surface area contributed by atoms with E-state index < -0.39 is 0 Å². The highest BCUT2D eigenvalue weighted by atomic mass is 16.4. The molecule has 1 heterocycles. The molecule has 0 bridgehead atoms. The van der Waals surface area contributed by atoms with E-state index in [0.29, 0.717) is 16.7 Å². The van der Waals surface area contributed by atoms with Crippen molar-refractivity contribution in [3.63, 3.8) is 0 Å². The van der Waals surface area contributed by atoms with Gasteiger partial charge in [0.05, 0.1) is 14.1 Å². The predicted octanol–water partition coefficient (Wildman–Crippen LogP) is 1.07. The third-order valence-electron chi connectivity index (χ3n) is 3.57. The fourth-order valence-electron chi connectivity index (χ4n) is 2.31. The van der Waals surface area contributed by atoms with Crippen LogP contribution in [0.1, 0.15) is 22.3 Å². The van der Waals surface area contributed by atoms with Crippen molar-refractivity contribution in [3.05, 3.63) is 38.7 Å². The van der Waals surface area contributed by atoms with Crippen molar-refractivity contribution in [2.75, 3.05) is 14.1 Å². The van der Waals surface area contributed by atoms with Gasteiger partial charge in [0.25, 0.3) is 0 Å². The van der Waals surface area contributed by atoms with Gasteiger partial charge >= 0.3 is 5.63 Å². The molecule has 1 aromatic heterocycles. The number of benzene rings is 1. The maximum absolute atomic E-state index is 11.7. The van der Waals surface area contributed by atoms with Gasteiger partial charge in [-0.2, -0.15) is 0 Å². The van der Waals surface area contributed by atoms with E-state index in [1.54, 1.807) is 13.8 Å². The SMILES string of the molecule is Cc1c(C)c2cc(C[NH+](C)C)c(O)c(C)c2oc1=O. The first-order valence-corrected chi connectivity index (χ1v) is 6.37. The van der Waals surface area contributed by atoms with Crippen LogP contribution in [0.4, 0.5) is 0 Å². The molecule has 0 fully saturated rings. The minimum absolute atomic E-state index is 0.222. The number of rotatable bonds is 2. The number of hydrogen-bond donors (Lipinski definition) is 2. The summed E-state index contributed by atoms with van der Waals surface area (Å²) in [6.45, 7) is 6.18. The highest BCUT2D eigenvalue weighted by Gasteiger charge is 2.16. The van der Waals surface area contributed by atoms with Crippen LogP contribution in [0.15, 0.2) is 15.3 Å². The molecule has 0 saturated heterocycles. The minimum Gasteiger partial charge on any atom is -0.507 e. The largest absolute Gasteiger partial charge is 0.507 e. The Labute approximate surface area is 112 Å². The molecule has 0 atom stereocenters. The molecule has 2 N–H and O–H groups in total. The molecule has 4 nitrogen and oxygen atoms in total. The van der Waals surface area contributed by atoms with Gasteiger partial charge < -0.3 is 14.4 Å². The second-order valence-electron chi connectivity index (χ2n) is 5.41. The predicted molar refractivity (Wildman–Crippen MR) is 74.9 cm³/mol. The zero-order chi connectivity index (χ0) is 14.3. The molecule has 2 rings (SSSR count). The summed E-state index contributed by atoms with van der Waals surface area (Å²) in [4.78, 5) is 13.0. The molecule has 0 unspecified atom stereocenters. The Bertz CT molecular complexity index is 699. The molecular weight excluding hydrogens is 242 g/mol. The van der Waals surface area contributed by atoms with Gasteiger partial charge in [-0.15, -0.1) is 0 Å². The molecule has 102 valence electrons. The van der Waals surface area contributed by atoms with Gasteiger partial charge in [0.15, 0.2) is 0 Å². The van der Waals surface area contributed by atoms with Crippen molar-refractivity contribution in [1.29, 1.82) is 0 Å².